The highest BCUT2D eigenvalue weighted by Crippen LogP contribution is 2.33. The lowest BCUT2D eigenvalue weighted by Crippen LogP contribution is -2.33. The standard InChI is InChI=1S/C14H14F3N3OS/c15-14(16,17)12-3-6-19(18-12)8-13(21)20-5-1-2-11(20)10-4-7-22-9-10/h3-4,6-7,9,11H,1-2,5,8H2/t11-/m0/s1. The van der Waals surface area contributed by atoms with Crippen LogP contribution in [0.3, 0.4) is 0 Å². The first-order chi connectivity index (χ1) is 10.4. The Hall–Kier alpha value is -1.83. The largest absolute Gasteiger partial charge is 0.435 e. The van der Waals surface area contributed by atoms with Gasteiger partial charge in [0.2, 0.25) is 5.91 Å². The number of amides is 1. The van der Waals surface area contributed by atoms with Crippen molar-refractivity contribution < 1.29 is 18.0 Å². The van der Waals surface area contributed by atoms with Gasteiger partial charge in [-0.25, -0.2) is 0 Å². The first-order valence-corrected chi connectivity index (χ1v) is 7.81. The third-order valence-corrected chi connectivity index (χ3v) is 4.43. The molecule has 0 radical (unpaired) electrons. The molecular formula is C14H14F3N3OS. The molecule has 4 nitrogen and oxygen atoms in total. The predicted molar refractivity (Wildman–Crippen MR) is 75.2 cm³/mol. The fourth-order valence-electron chi connectivity index (χ4n) is 2.71. The van der Waals surface area contributed by atoms with Gasteiger partial charge in [0.05, 0.1) is 6.04 Å². The van der Waals surface area contributed by atoms with Crippen LogP contribution in [0.25, 0.3) is 0 Å². The van der Waals surface area contributed by atoms with E-state index in [0.29, 0.717) is 6.54 Å². The number of rotatable bonds is 3. The van der Waals surface area contributed by atoms with E-state index < -0.39 is 11.9 Å². The summed E-state index contributed by atoms with van der Waals surface area (Å²) in [7, 11) is 0. The van der Waals surface area contributed by atoms with Crippen molar-refractivity contribution in [3.05, 3.63) is 40.3 Å². The Morgan fingerprint density at radius 3 is 2.86 bits per heavy atom. The van der Waals surface area contributed by atoms with Gasteiger partial charge in [-0.05, 0) is 41.3 Å². The van der Waals surface area contributed by atoms with Crippen molar-refractivity contribution in [3.63, 3.8) is 0 Å². The fourth-order valence-corrected chi connectivity index (χ4v) is 3.41. The number of thiophene rings is 1. The molecule has 3 heterocycles. The van der Waals surface area contributed by atoms with E-state index in [9.17, 15) is 18.0 Å². The van der Waals surface area contributed by atoms with Crippen molar-refractivity contribution in [2.24, 2.45) is 0 Å². The maximum Gasteiger partial charge on any atom is 0.435 e. The summed E-state index contributed by atoms with van der Waals surface area (Å²) in [5.41, 5.74) is 0.114. The van der Waals surface area contributed by atoms with Gasteiger partial charge in [0.25, 0.3) is 0 Å². The van der Waals surface area contributed by atoms with Crippen molar-refractivity contribution in [2.75, 3.05) is 6.54 Å². The van der Waals surface area contributed by atoms with Gasteiger partial charge >= 0.3 is 6.18 Å². The van der Waals surface area contributed by atoms with Crippen LogP contribution in [0.5, 0.6) is 0 Å². The molecule has 0 spiro atoms. The van der Waals surface area contributed by atoms with Crippen molar-refractivity contribution in [3.8, 4) is 0 Å². The third kappa shape index (κ3) is 3.01. The van der Waals surface area contributed by atoms with Crippen molar-refractivity contribution in [2.45, 2.75) is 31.6 Å². The Kier molecular flexibility index (Phi) is 3.94. The van der Waals surface area contributed by atoms with E-state index in [0.717, 1.165) is 29.2 Å². The number of likely N-dealkylation sites (tertiary alicyclic amines) is 1. The van der Waals surface area contributed by atoms with Gasteiger partial charge < -0.3 is 4.90 Å². The summed E-state index contributed by atoms with van der Waals surface area (Å²) in [6.45, 7) is 0.462. The number of carbonyl (C=O) groups excluding carboxylic acids is 1. The van der Waals surface area contributed by atoms with Crippen LogP contribution in [-0.2, 0) is 17.5 Å². The van der Waals surface area contributed by atoms with Crippen LogP contribution in [0.4, 0.5) is 13.2 Å². The van der Waals surface area contributed by atoms with Gasteiger partial charge in [-0.2, -0.15) is 29.6 Å². The normalized spacial score (nSPS) is 18.9. The van der Waals surface area contributed by atoms with Gasteiger partial charge in [0.15, 0.2) is 5.69 Å². The van der Waals surface area contributed by atoms with Crippen molar-refractivity contribution in [1.29, 1.82) is 0 Å². The van der Waals surface area contributed by atoms with Crippen LogP contribution in [0.15, 0.2) is 29.1 Å². The predicted octanol–water partition coefficient (Wildman–Crippen LogP) is 3.33. The molecule has 3 rings (SSSR count). The topological polar surface area (TPSA) is 38.1 Å². The molecule has 1 aliphatic heterocycles. The number of alkyl halides is 3. The van der Waals surface area contributed by atoms with E-state index in [-0.39, 0.29) is 18.5 Å². The van der Waals surface area contributed by atoms with Gasteiger partial charge in [0.1, 0.15) is 6.54 Å². The monoisotopic (exact) mass is 329 g/mol. The van der Waals surface area contributed by atoms with Crippen molar-refractivity contribution in [1.82, 2.24) is 14.7 Å². The summed E-state index contributed by atoms with van der Waals surface area (Å²) in [6.07, 6.45) is -1.51. The second-order valence-electron chi connectivity index (χ2n) is 5.20. The number of hydrogen-bond donors (Lipinski definition) is 0. The van der Waals surface area contributed by atoms with Crippen LogP contribution >= 0.6 is 11.3 Å². The molecule has 22 heavy (non-hydrogen) atoms. The molecule has 1 fully saturated rings. The molecule has 2 aromatic heterocycles. The van der Waals surface area contributed by atoms with E-state index in [1.54, 1.807) is 16.2 Å². The number of aromatic nitrogens is 2. The number of hydrogen-bond acceptors (Lipinski definition) is 3. The molecule has 0 aromatic carbocycles. The minimum Gasteiger partial charge on any atom is -0.334 e. The van der Waals surface area contributed by atoms with Crippen LogP contribution in [0.1, 0.15) is 30.1 Å². The lowest BCUT2D eigenvalue weighted by molar-refractivity contribution is -0.142. The van der Waals surface area contributed by atoms with E-state index in [2.05, 4.69) is 5.10 Å². The summed E-state index contributed by atoms with van der Waals surface area (Å²) >= 11 is 1.57. The lowest BCUT2D eigenvalue weighted by Gasteiger charge is -2.24. The first-order valence-electron chi connectivity index (χ1n) is 6.87. The highest BCUT2D eigenvalue weighted by Gasteiger charge is 2.34. The Bertz CT molecular complexity index is 651. The minimum absolute atomic E-state index is 0.0244. The lowest BCUT2D eigenvalue weighted by atomic mass is 10.1. The summed E-state index contributed by atoms with van der Waals surface area (Å²) in [5.74, 6) is -0.203. The maximum absolute atomic E-state index is 12.5. The first kappa shape index (κ1) is 15.1. The molecule has 0 saturated carbocycles. The maximum atomic E-state index is 12.5. The average Bonchev–Trinajstić information content (AvgIpc) is 3.18. The van der Waals surface area contributed by atoms with Crippen LogP contribution in [0, 0.1) is 0 Å². The quantitative estimate of drug-likeness (QED) is 0.866. The molecule has 1 atom stereocenters. The van der Waals surface area contributed by atoms with Gasteiger partial charge in [-0.3, -0.25) is 9.48 Å². The zero-order valence-corrected chi connectivity index (χ0v) is 12.4. The molecule has 2 aromatic rings. The molecule has 118 valence electrons. The molecular weight excluding hydrogens is 315 g/mol. The summed E-state index contributed by atoms with van der Waals surface area (Å²) in [4.78, 5) is 14.1. The molecule has 0 N–H and O–H groups in total. The van der Waals surface area contributed by atoms with Gasteiger partial charge in [-0.15, -0.1) is 0 Å². The highest BCUT2D eigenvalue weighted by atomic mass is 32.1. The smallest absolute Gasteiger partial charge is 0.334 e. The summed E-state index contributed by atoms with van der Waals surface area (Å²) < 4.78 is 38.6. The zero-order chi connectivity index (χ0) is 15.7. The Balaban J connectivity index is 1.70. The zero-order valence-electron chi connectivity index (χ0n) is 11.6. The molecule has 1 amide bonds. The Morgan fingerprint density at radius 1 is 1.41 bits per heavy atom. The molecule has 0 bridgehead atoms. The second kappa shape index (κ2) is 5.75. The molecule has 0 aliphatic carbocycles. The van der Waals surface area contributed by atoms with E-state index in [1.807, 2.05) is 16.8 Å². The van der Waals surface area contributed by atoms with E-state index in [4.69, 9.17) is 0 Å². The van der Waals surface area contributed by atoms with Crippen molar-refractivity contribution >= 4 is 17.2 Å². The van der Waals surface area contributed by atoms with Crippen LogP contribution in [-0.4, -0.2) is 27.1 Å². The van der Waals surface area contributed by atoms with Crippen LogP contribution < -0.4 is 0 Å². The number of halogens is 3. The van der Waals surface area contributed by atoms with E-state index in [1.165, 1.54) is 6.20 Å². The third-order valence-electron chi connectivity index (χ3n) is 3.73. The van der Waals surface area contributed by atoms with E-state index >= 15 is 0 Å². The van der Waals surface area contributed by atoms with Gasteiger partial charge in [-0.1, -0.05) is 0 Å². The summed E-state index contributed by atoms with van der Waals surface area (Å²) in [6, 6.07) is 2.89. The molecule has 1 saturated heterocycles. The van der Waals surface area contributed by atoms with Gasteiger partial charge in [0, 0.05) is 12.7 Å². The highest BCUT2D eigenvalue weighted by molar-refractivity contribution is 7.07. The molecule has 1 aliphatic rings. The molecule has 0 unspecified atom stereocenters. The fraction of sp³-hybridized carbons (Fsp3) is 0.429. The van der Waals surface area contributed by atoms with Crippen LogP contribution in [0.2, 0.25) is 0 Å². The number of carbonyl (C=O) groups is 1. The Labute approximate surface area is 129 Å². The summed E-state index contributed by atoms with van der Waals surface area (Å²) in [5, 5.41) is 7.39. The second-order valence-corrected chi connectivity index (χ2v) is 5.98. The SMILES string of the molecule is O=C(Cn1ccc(C(F)(F)F)n1)N1CCC[C@H]1c1ccsc1. The molecule has 8 heteroatoms. The minimum atomic E-state index is -4.48. The average molecular weight is 329 g/mol. The Morgan fingerprint density at radius 2 is 2.23 bits per heavy atom. The number of nitrogens with zero attached hydrogens (tertiary/aromatic N) is 3.